The molecule has 0 radical (unpaired) electrons. The fourth-order valence-corrected chi connectivity index (χ4v) is 2.77. The van der Waals surface area contributed by atoms with Gasteiger partial charge in [-0.3, -0.25) is 9.78 Å². The Bertz CT molecular complexity index is 600. The van der Waals surface area contributed by atoms with Gasteiger partial charge in [0.2, 0.25) is 5.91 Å². The molecule has 0 bridgehead atoms. The molecule has 1 amide bonds. The molecule has 1 aromatic heterocycles. The molecule has 4 nitrogen and oxygen atoms in total. The highest BCUT2D eigenvalue weighted by Gasteiger charge is 2.15. The largest absolute Gasteiger partial charge is 0.323 e. The summed E-state index contributed by atoms with van der Waals surface area (Å²) in [6.07, 6.45) is 6.65. The summed E-state index contributed by atoms with van der Waals surface area (Å²) >= 11 is 0. The van der Waals surface area contributed by atoms with Gasteiger partial charge in [-0.25, -0.2) is 0 Å². The standard InChI is InChI=1S/C16H19N3O/c20-15(11-18-13-7-1-2-8-13)19-14-9-3-5-12-6-4-10-17-16(12)14/h3-6,9-10,13,18H,1-2,7-8,11H2,(H,19,20). The van der Waals surface area contributed by atoms with Gasteiger partial charge in [0.15, 0.2) is 0 Å². The first kappa shape index (κ1) is 13.1. The SMILES string of the molecule is O=C(CNC1CCCC1)Nc1cccc2cccnc12. The van der Waals surface area contributed by atoms with E-state index in [1.165, 1.54) is 25.7 Å². The van der Waals surface area contributed by atoms with E-state index in [2.05, 4.69) is 15.6 Å². The van der Waals surface area contributed by atoms with Crippen LogP contribution in [0.3, 0.4) is 0 Å². The number of para-hydroxylation sites is 1. The summed E-state index contributed by atoms with van der Waals surface area (Å²) in [5, 5.41) is 7.30. The minimum absolute atomic E-state index is 0.00458. The van der Waals surface area contributed by atoms with E-state index in [-0.39, 0.29) is 5.91 Å². The zero-order valence-electron chi connectivity index (χ0n) is 11.4. The quantitative estimate of drug-likeness (QED) is 0.897. The van der Waals surface area contributed by atoms with Crippen molar-refractivity contribution in [3.05, 3.63) is 36.5 Å². The van der Waals surface area contributed by atoms with Crippen LogP contribution in [0.2, 0.25) is 0 Å². The van der Waals surface area contributed by atoms with E-state index in [1.807, 2.05) is 30.3 Å². The van der Waals surface area contributed by atoms with Crippen LogP contribution in [0, 0.1) is 0 Å². The summed E-state index contributed by atoms with van der Waals surface area (Å²) in [6.45, 7) is 0.369. The molecule has 0 unspecified atom stereocenters. The first-order valence-corrected chi connectivity index (χ1v) is 7.20. The number of carbonyl (C=O) groups is 1. The molecular weight excluding hydrogens is 250 g/mol. The van der Waals surface area contributed by atoms with Crippen LogP contribution in [-0.4, -0.2) is 23.5 Å². The van der Waals surface area contributed by atoms with Crippen molar-refractivity contribution in [1.29, 1.82) is 0 Å². The number of anilines is 1. The maximum atomic E-state index is 12.0. The lowest BCUT2D eigenvalue weighted by Gasteiger charge is -2.12. The zero-order chi connectivity index (χ0) is 13.8. The van der Waals surface area contributed by atoms with E-state index < -0.39 is 0 Å². The molecule has 0 saturated heterocycles. The third-order valence-electron chi connectivity index (χ3n) is 3.81. The first-order chi connectivity index (χ1) is 9.83. The summed E-state index contributed by atoms with van der Waals surface area (Å²) < 4.78 is 0. The molecule has 4 heteroatoms. The highest BCUT2D eigenvalue weighted by molar-refractivity contribution is 6.00. The van der Waals surface area contributed by atoms with Crippen molar-refractivity contribution >= 4 is 22.5 Å². The molecule has 20 heavy (non-hydrogen) atoms. The van der Waals surface area contributed by atoms with E-state index >= 15 is 0 Å². The van der Waals surface area contributed by atoms with Crippen molar-refractivity contribution in [3.8, 4) is 0 Å². The number of carbonyl (C=O) groups excluding carboxylic acids is 1. The number of pyridine rings is 1. The number of benzene rings is 1. The van der Waals surface area contributed by atoms with Gasteiger partial charge in [-0.05, 0) is 25.0 Å². The van der Waals surface area contributed by atoms with Gasteiger partial charge >= 0.3 is 0 Å². The van der Waals surface area contributed by atoms with E-state index in [0.717, 1.165) is 16.6 Å². The normalized spacial score (nSPS) is 15.6. The van der Waals surface area contributed by atoms with Gasteiger partial charge in [-0.15, -0.1) is 0 Å². The summed E-state index contributed by atoms with van der Waals surface area (Å²) in [5.41, 5.74) is 1.62. The molecule has 104 valence electrons. The first-order valence-electron chi connectivity index (χ1n) is 7.20. The van der Waals surface area contributed by atoms with Crippen LogP contribution in [-0.2, 0) is 4.79 Å². The van der Waals surface area contributed by atoms with Crippen LogP contribution in [0.1, 0.15) is 25.7 Å². The van der Waals surface area contributed by atoms with Gasteiger partial charge in [0.1, 0.15) is 0 Å². The molecule has 2 aromatic rings. The Kier molecular flexibility index (Phi) is 3.92. The fourth-order valence-electron chi connectivity index (χ4n) is 2.77. The van der Waals surface area contributed by atoms with Crippen LogP contribution >= 0.6 is 0 Å². The molecule has 1 saturated carbocycles. The Morgan fingerprint density at radius 3 is 2.85 bits per heavy atom. The second kappa shape index (κ2) is 6.01. The molecule has 0 spiro atoms. The van der Waals surface area contributed by atoms with E-state index in [9.17, 15) is 4.79 Å². The Labute approximate surface area is 118 Å². The third kappa shape index (κ3) is 2.96. The molecule has 1 aliphatic carbocycles. The second-order valence-electron chi connectivity index (χ2n) is 5.29. The molecule has 3 rings (SSSR count). The maximum absolute atomic E-state index is 12.0. The van der Waals surface area contributed by atoms with E-state index in [1.54, 1.807) is 6.20 Å². The molecule has 0 atom stereocenters. The van der Waals surface area contributed by atoms with Crippen molar-refractivity contribution in [1.82, 2.24) is 10.3 Å². The van der Waals surface area contributed by atoms with Gasteiger partial charge < -0.3 is 10.6 Å². The lowest BCUT2D eigenvalue weighted by Crippen LogP contribution is -2.34. The van der Waals surface area contributed by atoms with Gasteiger partial charge in [0, 0.05) is 17.6 Å². The average Bonchev–Trinajstić information content (AvgIpc) is 2.99. The Morgan fingerprint density at radius 2 is 2.00 bits per heavy atom. The monoisotopic (exact) mass is 269 g/mol. The summed E-state index contributed by atoms with van der Waals surface area (Å²) in [6, 6.07) is 10.2. The van der Waals surface area contributed by atoms with Crippen LogP contribution in [0.5, 0.6) is 0 Å². The summed E-state index contributed by atoms with van der Waals surface area (Å²) in [4.78, 5) is 16.3. The van der Waals surface area contributed by atoms with Gasteiger partial charge in [0.05, 0.1) is 17.7 Å². The number of aromatic nitrogens is 1. The predicted molar refractivity (Wildman–Crippen MR) is 80.6 cm³/mol. The average molecular weight is 269 g/mol. The van der Waals surface area contributed by atoms with E-state index in [0.29, 0.717) is 12.6 Å². The smallest absolute Gasteiger partial charge is 0.238 e. The molecule has 1 heterocycles. The number of amides is 1. The Hall–Kier alpha value is -1.94. The molecule has 1 fully saturated rings. The minimum Gasteiger partial charge on any atom is -0.323 e. The Balaban J connectivity index is 1.65. The van der Waals surface area contributed by atoms with Crippen molar-refractivity contribution in [3.63, 3.8) is 0 Å². The van der Waals surface area contributed by atoms with Crippen LogP contribution in [0.4, 0.5) is 5.69 Å². The highest BCUT2D eigenvalue weighted by atomic mass is 16.1. The van der Waals surface area contributed by atoms with Crippen molar-refractivity contribution in [2.45, 2.75) is 31.7 Å². The number of rotatable bonds is 4. The predicted octanol–water partition coefficient (Wildman–Crippen LogP) is 2.71. The number of hydrogen-bond donors (Lipinski definition) is 2. The zero-order valence-corrected chi connectivity index (χ0v) is 11.4. The van der Waals surface area contributed by atoms with Gasteiger partial charge in [-0.2, -0.15) is 0 Å². The number of fused-ring (bicyclic) bond motifs is 1. The minimum atomic E-state index is -0.00458. The lowest BCUT2D eigenvalue weighted by atomic mass is 10.2. The van der Waals surface area contributed by atoms with Crippen molar-refractivity contribution in [2.24, 2.45) is 0 Å². The Morgan fingerprint density at radius 1 is 1.20 bits per heavy atom. The number of nitrogens with one attached hydrogen (secondary N) is 2. The third-order valence-corrected chi connectivity index (χ3v) is 3.81. The highest BCUT2D eigenvalue weighted by Crippen LogP contribution is 2.20. The summed E-state index contributed by atoms with van der Waals surface area (Å²) in [7, 11) is 0. The molecule has 1 aliphatic rings. The van der Waals surface area contributed by atoms with Gasteiger partial charge in [0.25, 0.3) is 0 Å². The van der Waals surface area contributed by atoms with Crippen molar-refractivity contribution in [2.75, 3.05) is 11.9 Å². The molecule has 2 N–H and O–H groups in total. The lowest BCUT2D eigenvalue weighted by molar-refractivity contribution is -0.115. The van der Waals surface area contributed by atoms with Crippen LogP contribution in [0.15, 0.2) is 36.5 Å². The molecular formula is C16H19N3O. The topological polar surface area (TPSA) is 54.0 Å². The van der Waals surface area contributed by atoms with Crippen LogP contribution in [0.25, 0.3) is 10.9 Å². The second-order valence-corrected chi connectivity index (χ2v) is 5.29. The van der Waals surface area contributed by atoms with Gasteiger partial charge in [-0.1, -0.05) is 31.0 Å². The number of hydrogen-bond acceptors (Lipinski definition) is 3. The molecule has 1 aromatic carbocycles. The van der Waals surface area contributed by atoms with E-state index in [4.69, 9.17) is 0 Å². The summed E-state index contributed by atoms with van der Waals surface area (Å²) in [5.74, 6) is -0.00458. The fraction of sp³-hybridized carbons (Fsp3) is 0.375. The molecule has 0 aliphatic heterocycles. The van der Waals surface area contributed by atoms with Crippen molar-refractivity contribution < 1.29 is 4.79 Å². The maximum Gasteiger partial charge on any atom is 0.238 e. The van der Waals surface area contributed by atoms with Crippen LogP contribution < -0.4 is 10.6 Å². The number of nitrogens with zero attached hydrogens (tertiary/aromatic N) is 1.